The van der Waals surface area contributed by atoms with Gasteiger partial charge in [-0.25, -0.2) is 48.7 Å². The Kier molecular flexibility index (Phi) is 30.8. The van der Waals surface area contributed by atoms with Crippen molar-refractivity contribution in [2.75, 3.05) is 96.3 Å². The van der Waals surface area contributed by atoms with Gasteiger partial charge in [-0.1, -0.05) is 90.8 Å². The highest BCUT2D eigenvalue weighted by Gasteiger charge is 2.47. The van der Waals surface area contributed by atoms with E-state index < -0.39 is 78.4 Å². The van der Waals surface area contributed by atoms with Crippen LogP contribution in [0.2, 0.25) is 0 Å². The van der Waals surface area contributed by atoms with E-state index in [0.29, 0.717) is 77.1 Å². The second kappa shape index (κ2) is 42.4. The molecule has 37 nitrogen and oxygen atoms in total. The summed E-state index contributed by atoms with van der Waals surface area (Å²) in [5, 5.41) is 22.9. The van der Waals surface area contributed by atoms with Gasteiger partial charge in [0.25, 0.3) is 0 Å². The molecule has 10 heterocycles. The van der Waals surface area contributed by atoms with Crippen molar-refractivity contribution in [2.24, 2.45) is 35.5 Å². The number of aromatic nitrogens is 8. The van der Waals surface area contributed by atoms with Crippen LogP contribution >= 0.6 is 0 Å². The first kappa shape index (κ1) is 98.9. The first-order chi connectivity index (χ1) is 65.1. The second-order valence-corrected chi connectivity index (χ2v) is 37.4. The van der Waals surface area contributed by atoms with E-state index in [-0.39, 0.29) is 77.4 Å². The molecule has 6 aromatic carbocycles. The maximum atomic E-state index is 14.1. The maximum Gasteiger partial charge on any atom is 0.410 e. The van der Waals surface area contributed by atoms with Crippen LogP contribution in [0, 0.1) is 35.5 Å². The Morgan fingerprint density at radius 1 is 0.463 bits per heavy atom. The van der Waals surface area contributed by atoms with Gasteiger partial charge in [0, 0.05) is 88.4 Å². The fourth-order valence-corrected chi connectivity index (χ4v) is 19.2. The number of nitrogens with zero attached hydrogens (tertiary/aromatic N) is 8. The molecule has 6 aliphatic rings. The van der Waals surface area contributed by atoms with Gasteiger partial charge in [0.2, 0.25) is 17.7 Å². The number of amides is 8. The number of imidazole rings is 4. The molecule has 0 bridgehead atoms. The van der Waals surface area contributed by atoms with Crippen LogP contribution in [0.15, 0.2) is 97.3 Å². The zero-order valence-corrected chi connectivity index (χ0v) is 80.6. The molecule has 37 heteroatoms. The summed E-state index contributed by atoms with van der Waals surface area (Å²) in [4.78, 5) is 154. The average Bonchev–Trinajstić information content (AvgIpc) is 1.47. The molecule has 4 aromatic heterocycles. The number of rotatable bonds is 26. The van der Waals surface area contributed by atoms with E-state index in [1.165, 1.54) is 42.5 Å². The second-order valence-electron chi connectivity index (χ2n) is 37.4. The predicted molar refractivity (Wildman–Crippen MR) is 505 cm³/mol. The van der Waals surface area contributed by atoms with E-state index in [4.69, 9.17) is 72.4 Å². The predicted octanol–water partition coefficient (Wildman–Crippen LogP) is 14.8. The molecule has 4 fully saturated rings. The number of alkyl carbamates (subject to hydrolysis) is 4. The van der Waals surface area contributed by atoms with Crippen LogP contribution in [-0.2, 0) is 75.0 Å². The Balaban J connectivity index is 0.000000193. The van der Waals surface area contributed by atoms with Crippen molar-refractivity contribution in [1.82, 2.24) is 80.7 Å². The Hall–Kier alpha value is -13.1. The molecule has 10 aromatic rings. The molecule has 16 atom stereocenters. The third-order valence-corrected chi connectivity index (χ3v) is 26.9. The Labute approximate surface area is 788 Å². The summed E-state index contributed by atoms with van der Waals surface area (Å²) in [5.74, 6) is 3.18. The van der Waals surface area contributed by atoms with E-state index >= 15 is 0 Å². The normalized spacial score (nSPS) is 20.5. The van der Waals surface area contributed by atoms with Crippen molar-refractivity contribution in [3.63, 3.8) is 0 Å². The molecule has 0 radical (unpaired) electrons. The highest BCUT2D eigenvalue weighted by molar-refractivity contribution is 6.08. The van der Waals surface area contributed by atoms with Crippen molar-refractivity contribution in [1.29, 1.82) is 0 Å². The van der Waals surface area contributed by atoms with Gasteiger partial charge < -0.3 is 113 Å². The van der Waals surface area contributed by atoms with Gasteiger partial charge in [0.1, 0.15) is 71.7 Å². The number of benzene rings is 6. The summed E-state index contributed by atoms with van der Waals surface area (Å²) < 4.78 is 58.7. The van der Waals surface area contributed by atoms with Crippen molar-refractivity contribution in [3.8, 4) is 56.3 Å². The monoisotopic (exact) mass is 1870 g/mol. The summed E-state index contributed by atoms with van der Waals surface area (Å²) >= 11 is 0. The molecule has 8 amide bonds. The lowest BCUT2D eigenvalue weighted by molar-refractivity contribution is -0.142. The number of likely N-dealkylation sites (tertiary alicyclic amines) is 4. The number of carboxylic acid groups (broad SMARTS) is 1. The standard InChI is InChI=1S/C47H58N8O9.C45H55N7O7.C7H13NO5/c1-9-25(3)39(52-46(58)62-7)44(56)54-20-24(2)14-36(54)42-48-19-35(50-42)29-10-12-31-30(16-29)23-64-38-18-32-28(17-33(31)38)11-13-34-41(32)51-43(49-34)37-15-27(22-60-5)21-55(37)45(57)40(26(4)61-6)53-47(59)63-8;1-9-25(3)38(50-43(54)57-8)42(53)51-20-24(2)14-35(51)40-46-19-34(48-40)28-10-12-30-29(16-28)23-58-37-18-31-27(17-32(30)37)11-13-33-39(31)49-41(47-33)36-15-26(22-56-7)21-52(36)44(55)59-45(4,5)6;1-4(12-2)5(6(9)10)8-7(11)13-3/h10-13,16-19,24-27,36-37,39-40H,9,14-15,20-23H2,1-8H3,(H,48,50)(H,49,51)(H,52,58)(H,53,59);10-13,16-19,24-26,35-36,38H,9,14-15,20-23H2,1-8H3,(H,46,48)(H,47,49)(H,50,54);4-5H,1-3H3,(H,8,11)(H,9,10)/t24-,25-,26?,27?,36?,37-,39-,40-;24-,25-,26?,35?,36-,38-;4-,5+/m001/s1. The molecule has 728 valence electrons. The molecule has 4 saturated heterocycles. The number of aliphatic carboxylic acids is 1. The number of fused-ring (bicyclic) bond motifs is 12. The minimum Gasteiger partial charge on any atom is -0.488 e. The smallest absolute Gasteiger partial charge is 0.410 e. The number of ether oxygens (including phenoxy) is 11. The number of carbonyl (C=O) groups is 9. The highest BCUT2D eigenvalue weighted by Crippen LogP contribution is 2.48. The number of nitrogens with one attached hydrogen (secondary N) is 8. The minimum absolute atomic E-state index is 0.0552. The lowest BCUT2D eigenvalue weighted by Crippen LogP contribution is -2.54. The molecule has 5 unspecified atom stereocenters. The summed E-state index contributed by atoms with van der Waals surface area (Å²) in [6.45, 7) is 24.9. The number of H-pyrrole nitrogens is 4. The van der Waals surface area contributed by atoms with Gasteiger partial charge in [0.15, 0.2) is 6.04 Å². The van der Waals surface area contributed by atoms with E-state index in [2.05, 4.69) is 127 Å². The summed E-state index contributed by atoms with van der Waals surface area (Å²) in [6, 6.07) is 24.6. The molecular weight excluding hydrogens is 1750 g/mol. The zero-order chi connectivity index (χ0) is 97.6. The molecule has 9 N–H and O–H groups in total. The zero-order valence-electron chi connectivity index (χ0n) is 80.6. The van der Waals surface area contributed by atoms with Gasteiger partial charge in [-0.2, -0.15) is 0 Å². The van der Waals surface area contributed by atoms with Gasteiger partial charge in [0.05, 0.1) is 124 Å². The number of carbonyl (C=O) groups excluding carboxylic acids is 8. The summed E-state index contributed by atoms with van der Waals surface area (Å²) in [7, 11) is 11.2. The third-order valence-electron chi connectivity index (χ3n) is 26.9. The molecule has 0 saturated carbocycles. The van der Waals surface area contributed by atoms with Crippen molar-refractivity contribution in [3.05, 3.63) is 132 Å². The van der Waals surface area contributed by atoms with Gasteiger partial charge in [-0.05, 0) is 177 Å². The van der Waals surface area contributed by atoms with Gasteiger partial charge in [-0.15, -0.1) is 0 Å². The average molecular weight is 1880 g/mol. The summed E-state index contributed by atoms with van der Waals surface area (Å²) in [5.41, 5.74) is 12.5. The number of hydrogen-bond acceptors (Lipinski definition) is 24. The fourth-order valence-electron chi connectivity index (χ4n) is 19.2. The third kappa shape index (κ3) is 21.3. The molecule has 16 rings (SSSR count). The maximum absolute atomic E-state index is 14.1. The first-order valence-corrected chi connectivity index (χ1v) is 46.2. The lowest BCUT2D eigenvalue weighted by Gasteiger charge is -2.30. The van der Waals surface area contributed by atoms with E-state index in [9.17, 15) is 43.2 Å². The minimum atomic E-state index is -1.17. The Morgan fingerprint density at radius 2 is 0.846 bits per heavy atom. The number of carboxylic acids is 1. The number of aromatic amines is 4. The lowest BCUT2D eigenvalue weighted by atomic mass is 9.92. The largest absolute Gasteiger partial charge is 0.488 e. The molecule has 136 heavy (non-hydrogen) atoms. The molecule has 0 aliphatic carbocycles. The summed E-state index contributed by atoms with van der Waals surface area (Å²) in [6.07, 6.45) is 3.59. The first-order valence-electron chi connectivity index (χ1n) is 46.2. The van der Waals surface area contributed by atoms with Crippen LogP contribution in [-0.4, -0.2) is 257 Å². The topological polar surface area (TPSA) is 451 Å². The van der Waals surface area contributed by atoms with Crippen molar-refractivity contribution >= 4 is 97.8 Å². The number of methoxy groups -OCH3 is 8. The Morgan fingerprint density at radius 3 is 1.24 bits per heavy atom. The quantitative estimate of drug-likeness (QED) is 0.0227. The molecule has 0 spiro atoms. The fraction of sp³-hybridized carbons (Fsp3) is 0.505. The SMILES string of the molecule is CC[C@H](C)[C@H](NC(=O)OC)C(=O)N1C[C@@H](C)CC1c1ncc(-c2ccc3c(c2)COc2cc4c(ccc5[nH]c([C@@H]6CC(COC)CN6C(=O)OC(C)(C)C)nc54)cc2-3)[nH]1.CC[C@H](C)[C@H](NC(=O)OC)C(=O)N1C[C@@H](C)CC1c1ncc(-c2ccc3c(c2)COc2cc4c(ccc5[nH]c([C@@H]6CC(COC)CN6C(=O)[C@@H](NC(=O)OC)C(C)OC)nc54)cc2-3)[nH]1.COC(=O)N[C@H](C(=O)O)[C@@H](C)OC. The van der Waals surface area contributed by atoms with Crippen molar-refractivity contribution < 1.29 is 100 Å². The van der Waals surface area contributed by atoms with E-state index in [0.717, 1.165) is 155 Å². The van der Waals surface area contributed by atoms with Crippen LogP contribution < -0.4 is 30.7 Å². The van der Waals surface area contributed by atoms with Crippen molar-refractivity contribution in [2.45, 2.75) is 194 Å². The highest BCUT2D eigenvalue weighted by atomic mass is 16.6. The van der Waals surface area contributed by atoms with Crippen LogP contribution in [0.25, 0.3) is 88.4 Å². The van der Waals surface area contributed by atoms with Crippen LogP contribution in [0.4, 0.5) is 24.0 Å². The molecular formula is C99H126N16O21. The van der Waals surface area contributed by atoms with Crippen LogP contribution in [0.1, 0.15) is 173 Å². The van der Waals surface area contributed by atoms with E-state index in [1.807, 2.05) is 88.9 Å². The molecule has 6 aliphatic heterocycles. The Bertz CT molecular complexity index is 6060. The van der Waals surface area contributed by atoms with Crippen LogP contribution in [0.3, 0.4) is 0 Å². The van der Waals surface area contributed by atoms with Crippen LogP contribution in [0.5, 0.6) is 11.5 Å². The van der Waals surface area contributed by atoms with E-state index in [1.54, 1.807) is 30.9 Å². The number of hydrogen-bond donors (Lipinski definition) is 9. The van der Waals surface area contributed by atoms with Gasteiger partial charge in [-0.3, -0.25) is 19.3 Å². The van der Waals surface area contributed by atoms with Gasteiger partial charge >= 0.3 is 36.4 Å².